The van der Waals surface area contributed by atoms with Crippen LogP contribution in [0.5, 0.6) is 17.2 Å². The normalized spacial score (nSPS) is 14.9. The summed E-state index contributed by atoms with van der Waals surface area (Å²) in [5.41, 5.74) is 3.56. The van der Waals surface area contributed by atoms with Gasteiger partial charge in [-0.2, -0.15) is 0 Å². The molecule has 3 rings (SSSR count). The van der Waals surface area contributed by atoms with Crippen molar-refractivity contribution < 1.29 is 19.0 Å². The minimum Gasteiger partial charge on any atom is -0.497 e. The van der Waals surface area contributed by atoms with Crippen molar-refractivity contribution in [3.63, 3.8) is 0 Å². The average Bonchev–Trinajstić information content (AvgIpc) is 2.70. The Bertz CT molecular complexity index is 880. The summed E-state index contributed by atoms with van der Waals surface area (Å²) < 4.78 is 16.6. The Kier molecular flexibility index (Phi) is 6.40. The number of carbonyl (C=O) groups is 1. The maximum Gasteiger partial charge on any atom is 0.189 e. The third-order valence-corrected chi connectivity index (χ3v) is 4.99. The Morgan fingerprint density at radius 2 is 1.82 bits per heavy atom. The first-order valence-corrected chi connectivity index (χ1v) is 9.75. The molecule has 0 heterocycles. The van der Waals surface area contributed by atoms with Gasteiger partial charge in [0.05, 0.1) is 20.8 Å². The predicted octanol–water partition coefficient (Wildman–Crippen LogP) is 5.34. The van der Waals surface area contributed by atoms with Gasteiger partial charge in [0.2, 0.25) is 0 Å². The van der Waals surface area contributed by atoms with Crippen molar-refractivity contribution in [2.75, 3.05) is 20.8 Å². The highest BCUT2D eigenvalue weighted by Gasteiger charge is 2.22. The quantitative estimate of drug-likeness (QED) is 0.608. The van der Waals surface area contributed by atoms with Crippen LogP contribution in [-0.4, -0.2) is 26.6 Å². The van der Waals surface area contributed by atoms with E-state index in [-0.39, 0.29) is 5.78 Å². The molecule has 0 unspecified atom stereocenters. The van der Waals surface area contributed by atoms with Gasteiger partial charge in [0.15, 0.2) is 17.3 Å². The number of ether oxygens (including phenoxy) is 3. The lowest BCUT2D eigenvalue weighted by Gasteiger charge is -2.18. The molecule has 2 aromatic rings. The minimum atomic E-state index is 0.0835. The van der Waals surface area contributed by atoms with Crippen molar-refractivity contribution in [2.45, 2.75) is 33.1 Å². The zero-order chi connectivity index (χ0) is 20.1. The van der Waals surface area contributed by atoms with Crippen molar-refractivity contribution in [3.05, 3.63) is 58.7 Å². The third-order valence-electron chi connectivity index (χ3n) is 4.99. The first-order chi connectivity index (χ1) is 13.5. The fourth-order valence-electron chi connectivity index (χ4n) is 3.32. The SMILES string of the molecule is COc1ccc2c(c1)CCC(=Cc1ccc(OCCC(C)C)c(OC)c1)C2=O. The second-order valence-electron chi connectivity index (χ2n) is 7.46. The number of fused-ring (bicyclic) bond motifs is 1. The molecule has 0 fully saturated rings. The van der Waals surface area contributed by atoms with Gasteiger partial charge in [0.1, 0.15) is 5.75 Å². The molecule has 0 radical (unpaired) electrons. The molecule has 4 nitrogen and oxygen atoms in total. The number of allylic oxidation sites excluding steroid dienone is 1. The van der Waals surface area contributed by atoms with Crippen molar-refractivity contribution >= 4 is 11.9 Å². The number of ketones is 1. The molecule has 1 aliphatic carbocycles. The van der Waals surface area contributed by atoms with Gasteiger partial charge in [-0.25, -0.2) is 0 Å². The summed E-state index contributed by atoms with van der Waals surface area (Å²) in [4.78, 5) is 12.9. The third kappa shape index (κ3) is 4.56. The Labute approximate surface area is 167 Å². The second-order valence-corrected chi connectivity index (χ2v) is 7.46. The Hall–Kier alpha value is -2.75. The van der Waals surface area contributed by atoms with Crippen LogP contribution in [0.15, 0.2) is 42.0 Å². The number of aryl methyl sites for hydroxylation is 1. The number of carbonyl (C=O) groups excluding carboxylic acids is 1. The first kappa shape index (κ1) is 20.0. The molecule has 148 valence electrons. The molecular weight excluding hydrogens is 352 g/mol. The molecule has 0 spiro atoms. The lowest BCUT2D eigenvalue weighted by atomic mass is 9.86. The van der Waals surface area contributed by atoms with Gasteiger partial charge in [0.25, 0.3) is 0 Å². The van der Waals surface area contributed by atoms with Crippen LogP contribution in [0.3, 0.4) is 0 Å². The lowest BCUT2D eigenvalue weighted by molar-refractivity contribution is 0.102. The van der Waals surface area contributed by atoms with E-state index in [2.05, 4.69) is 13.8 Å². The van der Waals surface area contributed by atoms with Crippen LogP contribution in [0.25, 0.3) is 6.08 Å². The molecule has 0 aromatic heterocycles. The zero-order valence-corrected chi connectivity index (χ0v) is 17.1. The predicted molar refractivity (Wildman–Crippen MR) is 112 cm³/mol. The van der Waals surface area contributed by atoms with Gasteiger partial charge in [0, 0.05) is 11.1 Å². The topological polar surface area (TPSA) is 44.8 Å². The molecule has 4 heteroatoms. The molecule has 0 saturated heterocycles. The van der Waals surface area contributed by atoms with E-state index in [0.29, 0.717) is 24.7 Å². The molecule has 0 aliphatic heterocycles. The van der Waals surface area contributed by atoms with Crippen molar-refractivity contribution in [1.82, 2.24) is 0 Å². The first-order valence-electron chi connectivity index (χ1n) is 9.75. The molecule has 0 saturated carbocycles. The molecule has 0 N–H and O–H groups in total. The van der Waals surface area contributed by atoms with Gasteiger partial charge < -0.3 is 14.2 Å². The number of benzene rings is 2. The Morgan fingerprint density at radius 1 is 1.00 bits per heavy atom. The van der Waals surface area contributed by atoms with Crippen molar-refractivity contribution in [1.29, 1.82) is 0 Å². The molecule has 0 amide bonds. The number of Topliss-reactive ketones (excluding diaryl/α,β-unsaturated/α-hetero) is 1. The summed E-state index contributed by atoms with van der Waals surface area (Å²) in [5.74, 6) is 2.89. The van der Waals surface area contributed by atoms with Gasteiger partial charge in [-0.05, 0) is 72.7 Å². The summed E-state index contributed by atoms with van der Waals surface area (Å²) >= 11 is 0. The molecule has 2 aromatic carbocycles. The van der Waals surface area contributed by atoms with Gasteiger partial charge in [-0.15, -0.1) is 0 Å². The highest BCUT2D eigenvalue weighted by molar-refractivity contribution is 6.13. The lowest BCUT2D eigenvalue weighted by Crippen LogP contribution is -2.14. The zero-order valence-electron chi connectivity index (χ0n) is 17.1. The van der Waals surface area contributed by atoms with Crippen LogP contribution in [-0.2, 0) is 6.42 Å². The summed E-state index contributed by atoms with van der Waals surface area (Å²) in [6.45, 7) is 5.00. The fourth-order valence-corrected chi connectivity index (χ4v) is 3.32. The van der Waals surface area contributed by atoms with E-state index in [1.165, 1.54) is 0 Å². The van der Waals surface area contributed by atoms with Crippen LogP contribution < -0.4 is 14.2 Å². The minimum absolute atomic E-state index is 0.0835. The molecule has 0 atom stereocenters. The number of rotatable bonds is 7. The summed E-state index contributed by atoms with van der Waals surface area (Å²) in [7, 11) is 3.28. The highest BCUT2D eigenvalue weighted by atomic mass is 16.5. The Balaban J connectivity index is 1.80. The smallest absolute Gasteiger partial charge is 0.189 e. The monoisotopic (exact) mass is 380 g/mol. The van der Waals surface area contributed by atoms with Crippen molar-refractivity contribution in [2.24, 2.45) is 5.92 Å². The van der Waals surface area contributed by atoms with Gasteiger partial charge >= 0.3 is 0 Å². The maximum absolute atomic E-state index is 12.9. The maximum atomic E-state index is 12.9. The van der Waals surface area contributed by atoms with E-state index in [9.17, 15) is 4.79 Å². The molecule has 28 heavy (non-hydrogen) atoms. The van der Waals surface area contributed by atoms with Crippen molar-refractivity contribution in [3.8, 4) is 17.2 Å². The number of methoxy groups -OCH3 is 2. The Morgan fingerprint density at radius 3 is 2.54 bits per heavy atom. The second kappa shape index (κ2) is 8.96. The van der Waals surface area contributed by atoms with Crippen LogP contribution >= 0.6 is 0 Å². The van der Waals surface area contributed by atoms with Gasteiger partial charge in [-0.1, -0.05) is 19.9 Å². The van der Waals surface area contributed by atoms with E-state index in [1.807, 2.05) is 42.5 Å². The summed E-state index contributed by atoms with van der Waals surface area (Å²) in [5, 5.41) is 0. The van der Waals surface area contributed by atoms with E-state index in [1.54, 1.807) is 14.2 Å². The van der Waals surface area contributed by atoms with E-state index >= 15 is 0 Å². The van der Waals surface area contributed by atoms with Crippen LogP contribution in [0.1, 0.15) is 48.2 Å². The van der Waals surface area contributed by atoms with Crippen LogP contribution in [0.2, 0.25) is 0 Å². The van der Waals surface area contributed by atoms with Crippen LogP contribution in [0, 0.1) is 5.92 Å². The number of hydrogen-bond donors (Lipinski definition) is 0. The largest absolute Gasteiger partial charge is 0.497 e. The fraction of sp³-hybridized carbons (Fsp3) is 0.375. The van der Waals surface area contributed by atoms with E-state index < -0.39 is 0 Å². The summed E-state index contributed by atoms with van der Waals surface area (Å²) in [6.07, 6.45) is 4.50. The van der Waals surface area contributed by atoms with Gasteiger partial charge in [-0.3, -0.25) is 4.79 Å². The van der Waals surface area contributed by atoms with Crippen LogP contribution in [0.4, 0.5) is 0 Å². The van der Waals surface area contributed by atoms with E-state index in [0.717, 1.165) is 46.6 Å². The molecular formula is C24H28O4. The average molecular weight is 380 g/mol. The molecule has 0 bridgehead atoms. The number of hydrogen-bond acceptors (Lipinski definition) is 4. The summed E-state index contributed by atoms with van der Waals surface area (Å²) in [6, 6.07) is 11.5. The standard InChI is InChI=1S/C24H28O4/c1-16(2)11-12-28-22-10-5-17(14-23(22)27-4)13-19-7-6-18-15-20(26-3)8-9-21(18)24(19)25/h5,8-10,13-16H,6-7,11-12H2,1-4H3. The highest BCUT2D eigenvalue weighted by Crippen LogP contribution is 2.32. The van der Waals surface area contributed by atoms with E-state index in [4.69, 9.17) is 14.2 Å². The molecule has 1 aliphatic rings.